The maximum absolute atomic E-state index is 13.0. The van der Waals surface area contributed by atoms with E-state index >= 15 is 0 Å². The van der Waals surface area contributed by atoms with E-state index in [1.54, 1.807) is 6.92 Å². The van der Waals surface area contributed by atoms with Crippen molar-refractivity contribution in [3.63, 3.8) is 0 Å². The van der Waals surface area contributed by atoms with Gasteiger partial charge < -0.3 is 10.6 Å². The van der Waals surface area contributed by atoms with E-state index in [1.807, 2.05) is 30.3 Å². The Balaban J connectivity index is 2.08. The van der Waals surface area contributed by atoms with Crippen LogP contribution >= 0.6 is 0 Å². The summed E-state index contributed by atoms with van der Waals surface area (Å²) in [6.07, 6.45) is 4.79. The summed E-state index contributed by atoms with van der Waals surface area (Å²) in [5.74, 6) is 0.202. The first-order valence-corrected chi connectivity index (χ1v) is 10.0. The van der Waals surface area contributed by atoms with Crippen LogP contribution in [0.1, 0.15) is 58.9 Å². The van der Waals surface area contributed by atoms with Gasteiger partial charge in [-0.2, -0.15) is 0 Å². The van der Waals surface area contributed by atoms with Crippen LogP contribution in [0.15, 0.2) is 42.5 Å². The molecule has 3 atom stereocenters. The zero-order valence-electron chi connectivity index (χ0n) is 17.2. The van der Waals surface area contributed by atoms with Crippen LogP contribution in [0.4, 0.5) is 0 Å². The number of benzene rings is 1. The van der Waals surface area contributed by atoms with Crippen LogP contribution in [0.2, 0.25) is 0 Å². The van der Waals surface area contributed by atoms with Crippen molar-refractivity contribution in [3.05, 3.63) is 48.0 Å². The van der Waals surface area contributed by atoms with Crippen LogP contribution in [-0.4, -0.2) is 23.9 Å². The van der Waals surface area contributed by atoms with Gasteiger partial charge in [0.2, 0.25) is 11.8 Å². The quantitative estimate of drug-likeness (QED) is 0.713. The van der Waals surface area contributed by atoms with Gasteiger partial charge in [0.25, 0.3) is 0 Å². The van der Waals surface area contributed by atoms with Crippen molar-refractivity contribution < 1.29 is 9.59 Å². The molecule has 1 saturated carbocycles. The standard InChI is InChI=1S/C23H34N2O2/c1-16(2)21(26)25-20(14-18-10-7-6-8-11-18)22(27)24-19-12-9-13-23(5,15-19)17(3)4/h6-8,10-11,17,19-20H,1,9,12-15H2,2-5H3,(H,24,27)(H,25,26)/t19?,20-,23?/m0/s1. The second kappa shape index (κ2) is 9.20. The van der Waals surface area contributed by atoms with E-state index in [4.69, 9.17) is 0 Å². The van der Waals surface area contributed by atoms with E-state index in [0.717, 1.165) is 24.8 Å². The molecule has 2 N–H and O–H groups in total. The summed E-state index contributed by atoms with van der Waals surface area (Å²) in [6, 6.07) is 9.36. The third-order valence-corrected chi connectivity index (χ3v) is 6.05. The Morgan fingerprint density at radius 1 is 1.26 bits per heavy atom. The summed E-state index contributed by atoms with van der Waals surface area (Å²) in [4.78, 5) is 25.1. The van der Waals surface area contributed by atoms with Crippen molar-refractivity contribution in [1.82, 2.24) is 10.6 Å². The fraction of sp³-hybridized carbons (Fsp3) is 0.565. The second-order valence-electron chi connectivity index (χ2n) is 8.61. The summed E-state index contributed by atoms with van der Waals surface area (Å²) in [5.41, 5.74) is 1.69. The number of carbonyl (C=O) groups excluding carboxylic acids is 2. The lowest BCUT2D eigenvalue weighted by Crippen LogP contribution is -2.52. The molecule has 0 spiro atoms. The molecule has 2 rings (SSSR count). The minimum atomic E-state index is -0.594. The first kappa shape index (κ1) is 21.2. The third-order valence-electron chi connectivity index (χ3n) is 6.05. The summed E-state index contributed by atoms with van der Waals surface area (Å²) >= 11 is 0. The van der Waals surface area contributed by atoms with Gasteiger partial charge in [0, 0.05) is 18.0 Å². The molecule has 148 valence electrons. The highest BCUT2D eigenvalue weighted by Crippen LogP contribution is 2.41. The number of nitrogens with one attached hydrogen (secondary N) is 2. The zero-order chi connectivity index (χ0) is 20.0. The molecule has 0 heterocycles. The van der Waals surface area contributed by atoms with Gasteiger partial charge in [-0.05, 0) is 43.1 Å². The molecule has 0 saturated heterocycles. The van der Waals surface area contributed by atoms with Crippen LogP contribution in [0.5, 0.6) is 0 Å². The molecule has 27 heavy (non-hydrogen) atoms. The largest absolute Gasteiger partial charge is 0.352 e. The van der Waals surface area contributed by atoms with Gasteiger partial charge >= 0.3 is 0 Å². The predicted octanol–water partition coefficient (Wildman–Crippen LogP) is 4.01. The smallest absolute Gasteiger partial charge is 0.246 e. The van der Waals surface area contributed by atoms with Crippen LogP contribution < -0.4 is 10.6 Å². The normalized spacial score (nSPS) is 23.5. The van der Waals surface area contributed by atoms with E-state index < -0.39 is 6.04 Å². The van der Waals surface area contributed by atoms with E-state index in [0.29, 0.717) is 17.9 Å². The Bertz CT molecular complexity index is 668. The molecule has 2 amide bonds. The Kier molecular flexibility index (Phi) is 7.23. The lowest BCUT2D eigenvalue weighted by molar-refractivity contribution is -0.128. The molecule has 4 heteroatoms. The lowest BCUT2D eigenvalue weighted by Gasteiger charge is -2.42. The molecule has 1 aromatic rings. The summed E-state index contributed by atoms with van der Waals surface area (Å²) in [5, 5.41) is 6.06. The fourth-order valence-corrected chi connectivity index (χ4v) is 3.81. The second-order valence-corrected chi connectivity index (χ2v) is 8.61. The van der Waals surface area contributed by atoms with E-state index in [1.165, 1.54) is 6.42 Å². The summed E-state index contributed by atoms with van der Waals surface area (Å²) in [6.45, 7) is 12.2. The molecule has 2 unspecified atom stereocenters. The molecular weight excluding hydrogens is 336 g/mol. The van der Waals surface area contributed by atoms with Crippen molar-refractivity contribution in [1.29, 1.82) is 0 Å². The van der Waals surface area contributed by atoms with Crippen molar-refractivity contribution in [3.8, 4) is 0 Å². The number of carbonyl (C=O) groups is 2. The predicted molar refractivity (Wildman–Crippen MR) is 110 cm³/mol. The van der Waals surface area contributed by atoms with Gasteiger partial charge in [-0.3, -0.25) is 9.59 Å². The van der Waals surface area contributed by atoms with Crippen LogP contribution in [0.25, 0.3) is 0 Å². The Labute approximate surface area is 163 Å². The monoisotopic (exact) mass is 370 g/mol. The molecule has 0 bridgehead atoms. The average molecular weight is 371 g/mol. The topological polar surface area (TPSA) is 58.2 Å². The minimum Gasteiger partial charge on any atom is -0.352 e. The Morgan fingerprint density at radius 2 is 1.93 bits per heavy atom. The molecule has 0 aliphatic heterocycles. The van der Waals surface area contributed by atoms with Gasteiger partial charge in [0.1, 0.15) is 6.04 Å². The van der Waals surface area contributed by atoms with Crippen LogP contribution in [0, 0.1) is 11.3 Å². The highest BCUT2D eigenvalue weighted by Gasteiger charge is 2.36. The van der Waals surface area contributed by atoms with Crippen LogP contribution in [-0.2, 0) is 16.0 Å². The maximum Gasteiger partial charge on any atom is 0.246 e. The lowest BCUT2D eigenvalue weighted by atomic mass is 9.67. The molecule has 0 aromatic heterocycles. The highest BCUT2D eigenvalue weighted by atomic mass is 16.2. The van der Waals surface area contributed by atoms with E-state index in [2.05, 4.69) is 38.0 Å². The van der Waals surface area contributed by atoms with Gasteiger partial charge in [-0.25, -0.2) is 0 Å². The first-order chi connectivity index (χ1) is 12.7. The summed E-state index contributed by atoms with van der Waals surface area (Å²) < 4.78 is 0. The zero-order valence-corrected chi connectivity index (χ0v) is 17.2. The van der Waals surface area contributed by atoms with E-state index in [9.17, 15) is 9.59 Å². The molecule has 4 nitrogen and oxygen atoms in total. The highest BCUT2D eigenvalue weighted by molar-refractivity contribution is 5.96. The Hall–Kier alpha value is -2.10. The number of amides is 2. The SMILES string of the molecule is C=C(C)C(=O)N[C@@H](Cc1ccccc1)C(=O)NC1CCCC(C)(C(C)C)C1. The fourth-order valence-electron chi connectivity index (χ4n) is 3.81. The van der Waals surface area contributed by atoms with Crippen LogP contribution in [0.3, 0.4) is 0 Å². The van der Waals surface area contributed by atoms with Crippen molar-refractivity contribution >= 4 is 11.8 Å². The molecular formula is C23H34N2O2. The number of hydrogen-bond donors (Lipinski definition) is 2. The summed E-state index contributed by atoms with van der Waals surface area (Å²) in [7, 11) is 0. The van der Waals surface area contributed by atoms with Gasteiger partial charge in [-0.1, -0.05) is 64.1 Å². The molecule has 1 aromatic carbocycles. The maximum atomic E-state index is 13.0. The van der Waals surface area contributed by atoms with Gasteiger partial charge in [-0.15, -0.1) is 0 Å². The number of rotatable bonds is 7. The van der Waals surface area contributed by atoms with Gasteiger partial charge in [0.15, 0.2) is 0 Å². The molecule has 1 fully saturated rings. The van der Waals surface area contributed by atoms with E-state index in [-0.39, 0.29) is 23.3 Å². The molecule has 0 radical (unpaired) electrons. The first-order valence-electron chi connectivity index (χ1n) is 10.0. The van der Waals surface area contributed by atoms with Gasteiger partial charge in [0.05, 0.1) is 0 Å². The third kappa shape index (κ3) is 5.95. The molecule has 1 aliphatic rings. The Morgan fingerprint density at radius 3 is 2.52 bits per heavy atom. The van der Waals surface area contributed by atoms with Crippen molar-refractivity contribution in [2.45, 2.75) is 71.9 Å². The molecule has 1 aliphatic carbocycles. The van der Waals surface area contributed by atoms with Crippen molar-refractivity contribution in [2.75, 3.05) is 0 Å². The minimum absolute atomic E-state index is 0.105. The number of hydrogen-bond acceptors (Lipinski definition) is 2. The average Bonchev–Trinajstić information content (AvgIpc) is 2.61. The van der Waals surface area contributed by atoms with Crippen molar-refractivity contribution in [2.24, 2.45) is 11.3 Å².